The Morgan fingerprint density at radius 2 is 1.83 bits per heavy atom. The molecule has 0 saturated carbocycles. The van der Waals surface area contributed by atoms with Crippen molar-refractivity contribution in [2.75, 3.05) is 19.5 Å². The van der Waals surface area contributed by atoms with E-state index in [1.54, 1.807) is 43.4 Å². The highest BCUT2D eigenvalue weighted by atomic mass is 32.1. The second kappa shape index (κ2) is 8.38. The second-order valence-corrected chi connectivity index (χ2v) is 7.71. The number of anilines is 1. The Kier molecular flexibility index (Phi) is 5.49. The molecule has 0 unspecified atom stereocenters. The zero-order valence-electron chi connectivity index (χ0n) is 16.7. The molecule has 0 spiro atoms. The van der Waals surface area contributed by atoms with Crippen LogP contribution in [0.2, 0.25) is 0 Å². The standard InChI is InChI=1S/C22H20N4O3S/c1-14-12-23-22(30-14)24-21(27)17-13-26(16-7-5-4-6-8-16)25-20(17)15-9-10-18(28-2)19(11-15)29-3/h4-13H,1-3H3,(H,23,24,27). The van der Waals surface area contributed by atoms with Crippen molar-refractivity contribution in [2.45, 2.75) is 6.92 Å². The number of methoxy groups -OCH3 is 2. The van der Waals surface area contributed by atoms with Crippen molar-refractivity contribution in [3.8, 4) is 28.4 Å². The lowest BCUT2D eigenvalue weighted by molar-refractivity contribution is 0.102. The predicted molar refractivity (Wildman–Crippen MR) is 117 cm³/mol. The van der Waals surface area contributed by atoms with E-state index in [9.17, 15) is 4.79 Å². The first kappa shape index (κ1) is 19.7. The van der Waals surface area contributed by atoms with E-state index in [2.05, 4.69) is 10.3 Å². The molecule has 7 nitrogen and oxygen atoms in total. The number of carbonyl (C=O) groups is 1. The first-order valence-corrected chi connectivity index (χ1v) is 10.0. The third kappa shape index (κ3) is 3.90. The highest BCUT2D eigenvalue weighted by Gasteiger charge is 2.21. The Morgan fingerprint density at radius 3 is 2.50 bits per heavy atom. The zero-order valence-corrected chi connectivity index (χ0v) is 17.6. The van der Waals surface area contributed by atoms with Gasteiger partial charge in [-0.1, -0.05) is 18.2 Å². The molecule has 0 aliphatic heterocycles. The van der Waals surface area contributed by atoms with Crippen molar-refractivity contribution in [2.24, 2.45) is 0 Å². The summed E-state index contributed by atoms with van der Waals surface area (Å²) >= 11 is 1.42. The van der Waals surface area contributed by atoms with Crippen LogP contribution in [0.15, 0.2) is 60.9 Å². The number of aryl methyl sites for hydroxylation is 1. The van der Waals surface area contributed by atoms with Crippen molar-refractivity contribution in [3.05, 3.63) is 71.4 Å². The third-order valence-corrected chi connectivity index (χ3v) is 5.31. The average Bonchev–Trinajstić information content (AvgIpc) is 3.40. The summed E-state index contributed by atoms with van der Waals surface area (Å²) in [6, 6.07) is 15.1. The molecule has 0 aliphatic carbocycles. The minimum absolute atomic E-state index is 0.281. The fourth-order valence-electron chi connectivity index (χ4n) is 3.03. The minimum atomic E-state index is -0.281. The summed E-state index contributed by atoms with van der Waals surface area (Å²) in [6.45, 7) is 1.94. The molecule has 2 aromatic carbocycles. The van der Waals surface area contributed by atoms with Gasteiger partial charge in [0.05, 0.1) is 25.5 Å². The van der Waals surface area contributed by atoms with Gasteiger partial charge in [-0.05, 0) is 37.3 Å². The highest BCUT2D eigenvalue weighted by molar-refractivity contribution is 7.15. The molecular formula is C22H20N4O3S. The van der Waals surface area contributed by atoms with Crippen LogP contribution in [0.5, 0.6) is 11.5 Å². The van der Waals surface area contributed by atoms with Crippen LogP contribution >= 0.6 is 11.3 Å². The molecule has 30 heavy (non-hydrogen) atoms. The van der Waals surface area contributed by atoms with Gasteiger partial charge in [-0.25, -0.2) is 9.67 Å². The van der Waals surface area contributed by atoms with E-state index in [1.807, 2.05) is 43.3 Å². The molecule has 8 heteroatoms. The molecule has 1 N–H and O–H groups in total. The highest BCUT2D eigenvalue weighted by Crippen LogP contribution is 2.33. The summed E-state index contributed by atoms with van der Waals surface area (Å²) < 4.78 is 12.4. The molecule has 0 radical (unpaired) electrons. The van der Waals surface area contributed by atoms with Gasteiger partial charge in [0.15, 0.2) is 16.6 Å². The van der Waals surface area contributed by atoms with Crippen LogP contribution in [-0.4, -0.2) is 34.9 Å². The molecule has 0 aliphatic rings. The lowest BCUT2D eigenvalue weighted by Gasteiger charge is -2.09. The largest absolute Gasteiger partial charge is 0.493 e. The number of ether oxygens (including phenoxy) is 2. The van der Waals surface area contributed by atoms with E-state index in [4.69, 9.17) is 14.6 Å². The smallest absolute Gasteiger partial charge is 0.261 e. The summed E-state index contributed by atoms with van der Waals surface area (Å²) in [5, 5.41) is 8.10. The van der Waals surface area contributed by atoms with Crippen molar-refractivity contribution >= 4 is 22.4 Å². The van der Waals surface area contributed by atoms with Crippen LogP contribution in [0.4, 0.5) is 5.13 Å². The van der Waals surface area contributed by atoms with Gasteiger partial charge in [-0.3, -0.25) is 10.1 Å². The SMILES string of the molecule is COc1ccc(-c2nn(-c3ccccc3)cc2C(=O)Nc2ncc(C)s2)cc1OC. The van der Waals surface area contributed by atoms with Gasteiger partial charge in [-0.2, -0.15) is 5.10 Å². The number of rotatable bonds is 6. The molecule has 152 valence electrons. The number of nitrogens with one attached hydrogen (secondary N) is 1. The molecule has 0 saturated heterocycles. The molecule has 2 heterocycles. The van der Waals surface area contributed by atoms with Gasteiger partial charge in [-0.15, -0.1) is 11.3 Å². The van der Waals surface area contributed by atoms with Gasteiger partial charge < -0.3 is 9.47 Å². The second-order valence-electron chi connectivity index (χ2n) is 6.47. The van der Waals surface area contributed by atoms with Crippen LogP contribution < -0.4 is 14.8 Å². The van der Waals surface area contributed by atoms with Crippen LogP contribution in [-0.2, 0) is 0 Å². The van der Waals surface area contributed by atoms with E-state index in [0.717, 1.165) is 16.1 Å². The zero-order chi connectivity index (χ0) is 21.1. The van der Waals surface area contributed by atoms with Crippen molar-refractivity contribution < 1.29 is 14.3 Å². The first-order chi connectivity index (χ1) is 14.6. The molecule has 0 atom stereocenters. The maximum atomic E-state index is 13.1. The fraction of sp³-hybridized carbons (Fsp3) is 0.136. The number of hydrogen-bond donors (Lipinski definition) is 1. The minimum Gasteiger partial charge on any atom is -0.493 e. The molecule has 1 amide bonds. The van der Waals surface area contributed by atoms with Gasteiger partial charge in [0.2, 0.25) is 0 Å². The van der Waals surface area contributed by atoms with E-state index in [1.165, 1.54) is 11.3 Å². The number of aromatic nitrogens is 3. The molecule has 2 aromatic heterocycles. The molecular weight excluding hydrogens is 400 g/mol. The van der Waals surface area contributed by atoms with E-state index in [-0.39, 0.29) is 5.91 Å². The molecule has 0 bridgehead atoms. The lowest BCUT2D eigenvalue weighted by atomic mass is 10.1. The predicted octanol–water partition coefficient (Wildman–Crippen LogP) is 4.57. The monoisotopic (exact) mass is 420 g/mol. The fourth-order valence-corrected chi connectivity index (χ4v) is 3.69. The molecule has 0 fully saturated rings. The maximum absolute atomic E-state index is 13.1. The number of carbonyl (C=O) groups excluding carboxylic acids is 1. The normalized spacial score (nSPS) is 10.6. The van der Waals surface area contributed by atoms with Gasteiger partial charge in [0.1, 0.15) is 5.69 Å². The summed E-state index contributed by atoms with van der Waals surface area (Å²) in [6.07, 6.45) is 3.44. The number of benzene rings is 2. The number of hydrogen-bond acceptors (Lipinski definition) is 6. The first-order valence-electron chi connectivity index (χ1n) is 9.20. The Labute approximate surface area is 177 Å². The number of nitrogens with zero attached hydrogens (tertiary/aromatic N) is 3. The average molecular weight is 420 g/mol. The lowest BCUT2D eigenvalue weighted by Crippen LogP contribution is -2.12. The van der Waals surface area contributed by atoms with Crippen LogP contribution in [0.3, 0.4) is 0 Å². The van der Waals surface area contributed by atoms with Crippen molar-refractivity contribution in [1.29, 1.82) is 0 Å². The van der Waals surface area contributed by atoms with Crippen molar-refractivity contribution in [1.82, 2.24) is 14.8 Å². The summed E-state index contributed by atoms with van der Waals surface area (Å²) in [7, 11) is 3.15. The Balaban J connectivity index is 1.79. The summed E-state index contributed by atoms with van der Waals surface area (Å²) in [5.74, 6) is 0.885. The van der Waals surface area contributed by atoms with Gasteiger partial charge in [0, 0.05) is 22.8 Å². The van der Waals surface area contributed by atoms with Crippen molar-refractivity contribution in [3.63, 3.8) is 0 Å². The van der Waals surface area contributed by atoms with Gasteiger partial charge >= 0.3 is 0 Å². The Bertz CT molecular complexity index is 1180. The molecule has 4 aromatic rings. The van der Waals surface area contributed by atoms with Crippen LogP contribution in [0.1, 0.15) is 15.2 Å². The maximum Gasteiger partial charge on any atom is 0.261 e. The van der Waals surface area contributed by atoms with Crippen LogP contribution in [0.25, 0.3) is 16.9 Å². The Hall–Kier alpha value is -3.65. The third-order valence-electron chi connectivity index (χ3n) is 4.48. The quantitative estimate of drug-likeness (QED) is 0.494. The van der Waals surface area contributed by atoms with E-state index < -0.39 is 0 Å². The number of para-hydroxylation sites is 1. The summed E-state index contributed by atoms with van der Waals surface area (Å²) in [5.41, 5.74) is 2.55. The topological polar surface area (TPSA) is 78.3 Å². The van der Waals surface area contributed by atoms with Crippen LogP contribution in [0, 0.1) is 6.92 Å². The Morgan fingerprint density at radius 1 is 1.07 bits per heavy atom. The molecule has 4 rings (SSSR count). The van der Waals surface area contributed by atoms with E-state index >= 15 is 0 Å². The van der Waals surface area contributed by atoms with E-state index in [0.29, 0.717) is 27.9 Å². The summed E-state index contributed by atoms with van der Waals surface area (Å²) in [4.78, 5) is 18.3. The number of amides is 1. The number of thiazole rings is 1. The van der Waals surface area contributed by atoms with Gasteiger partial charge in [0.25, 0.3) is 5.91 Å².